The van der Waals surface area contributed by atoms with E-state index < -0.39 is 10.9 Å². The van der Waals surface area contributed by atoms with E-state index in [4.69, 9.17) is 28.4 Å². The molecule has 3 aromatic rings. The Morgan fingerprint density at radius 3 is 0.933 bits per heavy atom. The first-order valence-electron chi connectivity index (χ1n) is 8.89. The Morgan fingerprint density at radius 1 is 0.467 bits per heavy atom. The van der Waals surface area contributed by atoms with E-state index in [1.165, 1.54) is 42.7 Å². The number of rotatable bonds is 8. The summed E-state index contributed by atoms with van der Waals surface area (Å²) in [6.45, 7) is 0. The quantitative estimate of drug-likeness (QED) is 0.520. The molecule has 0 amide bonds. The highest BCUT2D eigenvalue weighted by Crippen LogP contribution is 2.45. The number of methoxy groups -OCH3 is 6. The lowest BCUT2D eigenvalue weighted by Crippen LogP contribution is -2.35. The Balaban J connectivity index is 2.26. The third-order valence-electron chi connectivity index (χ3n) is 4.82. The first-order valence-corrected chi connectivity index (χ1v) is 8.89. The van der Waals surface area contributed by atoms with E-state index in [0.29, 0.717) is 45.6 Å². The fraction of sp³-hybridized carbons (Fsp3) is 0.273. The van der Waals surface area contributed by atoms with Crippen molar-refractivity contribution in [2.75, 3.05) is 42.7 Å². The van der Waals surface area contributed by atoms with Crippen molar-refractivity contribution in [2.24, 2.45) is 0 Å². The lowest BCUT2D eigenvalue weighted by atomic mass is 9.88. The summed E-state index contributed by atoms with van der Waals surface area (Å²) in [6, 6.07) is 6.50. The third kappa shape index (κ3) is 3.20. The SMILES string of the molecule is COc1cc(-c2c(-c3cc(OC)c(OC)c(OC)c3)c(=O)c2=O)cc(OC)c1OC. The molecule has 0 aromatic heterocycles. The molecule has 0 N–H and O–H groups in total. The molecule has 8 nitrogen and oxygen atoms in total. The first-order chi connectivity index (χ1) is 14.4. The summed E-state index contributed by atoms with van der Waals surface area (Å²) in [7, 11) is 8.87. The Morgan fingerprint density at radius 2 is 0.733 bits per heavy atom. The normalized spacial score (nSPS) is 10.6. The second-order valence-corrected chi connectivity index (χ2v) is 6.24. The van der Waals surface area contributed by atoms with Gasteiger partial charge in [-0.25, -0.2) is 0 Å². The molecular weight excluding hydrogens is 392 g/mol. The average Bonchev–Trinajstić information content (AvgIpc) is 2.79. The Kier molecular flexibility index (Phi) is 5.86. The zero-order valence-electron chi connectivity index (χ0n) is 17.6. The summed E-state index contributed by atoms with van der Waals surface area (Å²) in [4.78, 5) is 25.0. The molecule has 0 heterocycles. The van der Waals surface area contributed by atoms with Gasteiger partial charge < -0.3 is 28.4 Å². The van der Waals surface area contributed by atoms with Crippen LogP contribution in [0.25, 0.3) is 22.3 Å². The Labute approximate surface area is 173 Å². The molecule has 0 saturated carbocycles. The number of hydrogen-bond acceptors (Lipinski definition) is 8. The van der Waals surface area contributed by atoms with Crippen LogP contribution in [0, 0.1) is 0 Å². The minimum Gasteiger partial charge on any atom is -0.493 e. The summed E-state index contributed by atoms with van der Waals surface area (Å²) in [5.41, 5.74) is 0.221. The molecule has 3 rings (SSSR count). The van der Waals surface area contributed by atoms with Crippen molar-refractivity contribution < 1.29 is 28.4 Å². The minimum absolute atomic E-state index is 0.244. The van der Waals surface area contributed by atoms with Crippen LogP contribution in [-0.2, 0) is 0 Å². The lowest BCUT2D eigenvalue weighted by Gasteiger charge is -2.18. The maximum Gasteiger partial charge on any atom is 0.234 e. The molecule has 0 radical (unpaired) electrons. The van der Waals surface area contributed by atoms with Crippen molar-refractivity contribution in [1.29, 1.82) is 0 Å². The van der Waals surface area contributed by atoms with Crippen LogP contribution in [0.4, 0.5) is 0 Å². The van der Waals surface area contributed by atoms with Crippen molar-refractivity contribution in [1.82, 2.24) is 0 Å². The number of hydrogen-bond donors (Lipinski definition) is 0. The summed E-state index contributed by atoms with van der Waals surface area (Å²) >= 11 is 0. The molecule has 0 aliphatic rings. The predicted molar refractivity (Wildman–Crippen MR) is 112 cm³/mol. The number of ether oxygens (including phenoxy) is 6. The predicted octanol–water partition coefficient (Wildman–Crippen LogP) is 2.67. The molecule has 0 spiro atoms. The van der Waals surface area contributed by atoms with Gasteiger partial charge in [-0.1, -0.05) is 0 Å². The van der Waals surface area contributed by atoms with Gasteiger partial charge >= 0.3 is 0 Å². The van der Waals surface area contributed by atoms with Crippen LogP contribution in [0.1, 0.15) is 0 Å². The summed E-state index contributed by atoms with van der Waals surface area (Å²) in [5, 5.41) is 0. The molecule has 30 heavy (non-hydrogen) atoms. The van der Waals surface area contributed by atoms with Crippen LogP contribution < -0.4 is 39.3 Å². The van der Waals surface area contributed by atoms with Crippen molar-refractivity contribution >= 4 is 0 Å². The zero-order valence-corrected chi connectivity index (χ0v) is 17.6. The van der Waals surface area contributed by atoms with Gasteiger partial charge in [-0.2, -0.15) is 0 Å². The molecule has 0 atom stereocenters. The largest absolute Gasteiger partial charge is 0.493 e. The molecule has 0 aliphatic carbocycles. The van der Waals surface area contributed by atoms with E-state index in [2.05, 4.69) is 0 Å². The monoisotopic (exact) mass is 414 g/mol. The van der Waals surface area contributed by atoms with Crippen molar-refractivity contribution in [3.63, 3.8) is 0 Å². The van der Waals surface area contributed by atoms with Crippen molar-refractivity contribution in [2.45, 2.75) is 0 Å². The number of benzene rings is 2. The topological polar surface area (TPSA) is 89.5 Å². The van der Waals surface area contributed by atoms with Gasteiger partial charge in [0.2, 0.25) is 22.4 Å². The lowest BCUT2D eigenvalue weighted by molar-refractivity contribution is 0.324. The third-order valence-corrected chi connectivity index (χ3v) is 4.82. The fourth-order valence-corrected chi connectivity index (χ4v) is 3.39. The summed E-state index contributed by atoms with van der Waals surface area (Å²) in [5.74, 6) is 2.26. The zero-order chi connectivity index (χ0) is 22.0. The van der Waals surface area contributed by atoms with Gasteiger partial charge in [-0.15, -0.1) is 0 Å². The highest BCUT2D eigenvalue weighted by Gasteiger charge is 2.28. The Hall–Kier alpha value is -3.68. The molecule has 0 saturated heterocycles. The van der Waals surface area contributed by atoms with Gasteiger partial charge in [0, 0.05) is 11.1 Å². The second-order valence-electron chi connectivity index (χ2n) is 6.24. The highest BCUT2D eigenvalue weighted by molar-refractivity contribution is 5.89. The van der Waals surface area contributed by atoms with Crippen LogP contribution in [0.3, 0.4) is 0 Å². The van der Waals surface area contributed by atoms with E-state index in [-0.39, 0.29) is 11.1 Å². The van der Waals surface area contributed by atoms with Crippen LogP contribution >= 0.6 is 0 Å². The van der Waals surface area contributed by atoms with E-state index in [0.717, 1.165) is 0 Å². The first kappa shape index (κ1) is 21.0. The van der Waals surface area contributed by atoms with Crippen LogP contribution in [0.2, 0.25) is 0 Å². The smallest absolute Gasteiger partial charge is 0.234 e. The molecule has 0 bridgehead atoms. The van der Waals surface area contributed by atoms with Gasteiger partial charge in [-0.3, -0.25) is 9.59 Å². The maximum absolute atomic E-state index is 12.5. The van der Waals surface area contributed by atoms with Gasteiger partial charge in [0.1, 0.15) is 0 Å². The van der Waals surface area contributed by atoms with Gasteiger partial charge in [0.05, 0.1) is 42.7 Å². The van der Waals surface area contributed by atoms with E-state index in [1.54, 1.807) is 24.3 Å². The Bertz CT molecular complexity index is 1010. The molecule has 158 valence electrons. The molecule has 0 fully saturated rings. The summed E-state index contributed by atoms with van der Waals surface area (Å²) in [6.07, 6.45) is 0. The second kappa shape index (κ2) is 8.36. The van der Waals surface area contributed by atoms with Gasteiger partial charge in [0.25, 0.3) is 0 Å². The highest BCUT2D eigenvalue weighted by atomic mass is 16.5. The van der Waals surface area contributed by atoms with Crippen LogP contribution in [0.15, 0.2) is 33.9 Å². The van der Waals surface area contributed by atoms with Crippen molar-refractivity contribution in [3.8, 4) is 56.8 Å². The van der Waals surface area contributed by atoms with Gasteiger partial charge in [-0.05, 0) is 35.4 Å². The van der Waals surface area contributed by atoms with Crippen molar-refractivity contribution in [3.05, 3.63) is 44.7 Å². The standard InChI is InChI=1S/C22H22O8/c1-25-13-7-11(8-14(26-2)21(13)29-5)17-18(20(24)19(17)23)12-9-15(27-3)22(30-6)16(10-12)28-4/h7-10H,1-6H3. The molecular formula is C22H22O8. The van der Waals surface area contributed by atoms with E-state index in [1.807, 2.05) is 0 Å². The molecule has 3 aromatic carbocycles. The maximum atomic E-state index is 12.5. The minimum atomic E-state index is -0.604. The fourth-order valence-electron chi connectivity index (χ4n) is 3.39. The van der Waals surface area contributed by atoms with E-state index in [9.17, 15) is 9.59 Å². The molecule has 0 aliphatic heterocycles. The summed E-state index contributed by atoms with van der Waals surface area (Å²) < 4.78 is 32.1. The van der Waals surface area contributed by atoms with Crippen LogP contribution in [0.5, 0.6) is 34.5 Å². The van der Waals surface area contributed by atoms with Gasteiger partial charge in [0.15, 0.2) is 23.0 Å². The van der Waals surface area contributed by atoms with Crippen LogP contribution in [-0.4, -0.2) is 42.7 Å². The average molecular weight is 414 g/mol. The molecule has 0 unspecified atom stereocenters. The van der Waals surface area contributed by atoms with E-state index >= 15 is 0 Å². The molecule has 8 heteroatoms.